The molecule has 2 rings (SSSR count). The van der Waals surface area contributed by atoms with E-state index in [4.69, 9.17) is 0 Å². The van der Waals surface area contributed by atoms with Gasteiger partial charge in [0, 0.05) is 30.7 Å². The van der Waals surface area contributed by atoms with Crippen molar-refractivity contribution in [1.82, 2.24) is 9.88 Å². The lowest BCUT2D eigenvalue weighted by molar-refractivity contribution is -0.117. The summed E-state index contributed by atoms with van der Waals surface area (Å²) in [7, 11) is 1.87. The van der Waals surface area contributed by atoms with Gasteiger partial charge >= 0.3 is 0 Å². The van der Waals surface area contributed by atoms with Gasteiger partial charge in [-0.1, -0.05) is 32.0 Å². The van der Waals surface area contributed by atoms with Crippen LogP contribution in [0.5, 0.6) is 0 Å². The first-order chi connectivity index (χ1) is 9.00. The van der Waals surface area contributed by atoms with Crippen LogP contribution in [0.4, 0.5) is 0 Å². The summed E-state index contributed by atoms with van der Waals surface area (Å²) in [6.07, 6.45) is 1.71. The van der Waals surface area contributed by atoms with Crippen LogP contribution in [0.25, 0.3) is 10.9 Å². The number of amides is 1. The van der Waals surface area contributed by atoms with Gasteiger partial charge in [0.25, 0.3) is 11.7 Å². The topological polar surface area (TPSA) is 51.1 Å². The van der Waals surface area contributed by atoms with Crippen molar-refractivity contribution in [1.29, 1.82) is 0 Å². The minimum atomic E-state index is -0.537. The number of nitrogens with one attached hydrogen (secondary N) is 1. The van der Waals surface area contributed by atoms with E-state index in [9.17, 15) is 9.59 Å². The Bertz CT molecular complexity index is 626. The molecule has 100 valence electrons. The Kier molecular flexibility index (Phi) is 3.69. The maximum Gasteiger partial charge on any atom is 0.292 e. The van der Waals surface area contributed by atoms with Gasteiger partial charge in [-0.2, -0.15) is 0 Å². The smallest absolute Gasteiger partial charge is 0.292 e. The number of carbonyl (C=O) groups excluding carboxylic acids is 2. The second-order valence-corrected chi connectivity index (χ2v) is 5.10. The molecule has 0 atom stereocenters. The number of hydrogen-bond donors (Lipinski definition) is 1. The largest absolute Gasteiger partial charge is 0.350 e. The van der Waals surface area contributed by atoms with Crippen LogP contribution < -0.4 is 5.32 Å². The van der Waals surface area contributed by atoms with E-state index in [1.807, 2.05) is 49.7 Å². The van der Waals surface area contributed by atoms with Crippen LogP contribution >= 0.6 is 0 Å². The number of ketones is 1. The number of aryl methyl sites for hydroxylation is 1. The fourth-order valence-corrected chi connectivity index (χ4v) is 2.02. The zero-order chi connectivity index (χ0) is 14.0. The van der Waals surface area contributed by atoms with Crippen molar-refractivity contribution in [3.8, 4) is 0 Å². The molecule has 0 aliphatic heterocycles. The van der Waals surface area contributed by atoms with Crippen LogP contribution in [0.2, 0.25) is 0 Å². The predicted molar refractivity (Wildman–Crippen MR) is 75.1 cm³/mol. The first kappa shape index (κ1) is 13.3. The number of para-hydroxylation sites is 1. The van der Waals surface area contributed by atoms with Crippen LogP contribution in [0.15, 0.2) is 30.5 Å². The molecule has 0 radical (unpaired) electrons. The van der Waals surface area contributed by atoms with Crippen LogP contribution in [0.1, 0.15) is 24.2 Å². The molecule has 19 heavy (non-hydrogen) atoms. The van der Waals surface area contributed by atoms with Gasteiger partial charge in [0.05, 0.1) is 5.56 Å². The molecule has 0 aliphatic carbocycles. The molecule has 0 unspecified atom stereocenters. The molecule has 4 nitrogen and oxygen atoms in total. The maximum atomic E-state index is 12.2. The monoisotopic (exact) mass is 258 g/mol. The first-order valence-corrected chi connectivity index (χ1v) is 6.37. The lowest BCUT2D eigenvalue weighted by Gasteiger charge is -2.06. The van der Waals surface area contributed by atoms with Crippen molar-refractivity contribution in [2.24, 2.45) is 13.0 Å². The molecular weight excluding hydrogens is 240 g/mol. The highest BCUT2D eigenvalue weighted by Gasteiger charge is 2.20. The molecule has 0 aliphatic rings. The second-order valence-electron chi connectivity index (χ2n) is 5.10. The van der Waals surface area contributed by atoms with E-state index >= 15 is 0 Å². The lowest BCUT2D eigenvalue weighted by atomic mass is 10.1. The van der Waals surface area contributed by atoms with Crippen LogP contribution in [0.3, 0.4) is 0 Å². The number of hydrogen-bond acceptors (Lipinski definition) is 2. The number of Topliss-reactive ketones (excluding diaryl/α,β-unsaturated/α-hetero) is 1. The Hall–Kier alpha value is -2.10. The molecule has 0 spiro atoms. The van der Waals surface area contributed by atoms with Crippen LogP contribution in [-0.4, -0.2) is 22.8 Å². The summed E-state index contributed by atoms with van der Waals surface area (Å²) in [6, 6.07) is 7.57. The maximum absolute atomic E-state index is 12.2. The molecule has 0 saturated carbocycles. The number of aromatic nitrogens is 1. The number of nitrogens with zero attached hydrogens (tertiary/aromatic N) is 1. The van der Waals surface area contributed by atoms with Crippen molar-refractivity contribution in [3.63, 3.8) is 0 Å². The predicted octanol–water partition coefficient (Wildman–Crippen LogP) is 2.13. The molecule has 1 aromatic heterocycles. The Balaban J connectivity index is 2.29. The quantitative estimate of drug-likeness (QED) is 0.674. The summed E-state index contributed by atoms with van der Waals surface area (Å²) in [5, 5.41) is 3.47. The first-order valence-electron chi connectivity index (χ1n) is 6.37. The summed E-state index contributed by atoms with van der Waals surface area (Å²) in [5.74, 6) is -0.688. The molecule has 0 bridgehead atoms. The Labute approximate surface area is 112 Å². The second kappa shape index (κ2) is 5.26. The molecule has 1 aromatic carbocycles. The normalized spacial score (nSPS) is 10.9. The van der Waals surface area contributed by atoms with Gasteiger partial charge in [0.2, 0.25) is 0 Å². The fraction of sp³-hybridized carbons (Fsp3) is 0.333. The van der Waals surface area contributed by atoms with E-state index in [-0.39, 0.29) is 0 Å². The van der Waals surface area contributed by atoms with Crippen molar-refractivity contribution in [2.45, 2.75) is 13.8 Å². The van der Waals surface area contributed by atoms with E-state index in [0.717, 1.165) is 10.9 Å². The Morgan fingerprint density at radius 1 is 1.26 bits per heavy atom. The van der Waals surface area contributed by atoms with Gasteiger partial charge in [-0.25, -0.2) is 0 Å². The average molecular weight is 258 g/mol. The molecule has 4 heteroatoms. The summed E-state index contributed by atoms with van der Waals surface area (Å²) < 4.78 is 1.86. The van der Waals surface area contributed by atoms with Gasteiger partial charge in [-0.15, -0.1) is 0 Å². The highest BCUT2D eigenvalue weighted by atomic mass is 16.2. The zero-order valence-electron chi connectivity index (χ0n) is 11.4. The minimum absolute atomic E-state index is 0.323. The molecule has 0 saturated heterocycles. The SMILES string of the molecule is CC(C)CNC(=O)C(=O)c1cn(C)c2ccccc12. The summed E-state index contributed by atoms with van der Waals surface area (Å²) in [5.41, 5.74) is 1.40. The van der Waals surface area contributed by atoms with Gasteiger partial charge in [0.15, 0.2) is 0 Å². The average Bonchev–Trinajstić information content (AvgIpc) is 2.73. The van der Waals surface area contributed by atoms with Crippen molar-refractivity contribution >= 4 is 22.6 Å². The van der Waals surface area contributed by atoms with Gasteiger partial charge in [-0.3, -0.25) is 9.59 Å². The summed E-state index contributed by atoms with van der Waals surface area (Å²) in [6.45, 7) is 4.49. The Morgan fingerprint density at radius 2 is 1.95 bits per heavy atom. The zero-order valence-corrected chi connectivity index (χ0v) is 11.4. The number of rotatable bonds is 4. The number of benzene rings is 1. The van der Waals surface area contributed by atoms with Gasteiger partial charge in [-0.05, 0) is 12.0 Å². The van der Waals surface area contributed by atoms with E-state index in [2.05, 4.69) is 5.32 Å². The highest BCUT2D eigenvalue weighted by molar-refractivity contribution is 6.45. The summed E-state index contributed by atoms with van der Waals surface area (Å²) >= 11 is 0. The van der Waals surface area contributed by atoms with E-state index < -0.39 is 11.7 Å². The van der Waals surface area contributed by atoms with Crippen molar-refractivity contribution in [3.05, 3.63) is 36.0 Å². The number of carbonyl (C=O) groups is 2. The van der Waals surface area contributed by atoms with Gasteiger partial charge < -0.3 is 9.88 Å². The third-order valence-corrected chi connectivity index (χ3v) is 3.02. The third kappa shape index (κ3) is 2.67. The van der Waals surface area contributed by atoms with Gasteiger partial charge in [0.1, 0.15) is 0 Å². The molecular formula is C15H18N2O2. The molecule has 1 heterocycles. The molecule has 0 fully saturated rings. The summed E-state index contributed by atoms with van der Waals surface area (Å²) in [4.78, 5) is 24.0. The van der Waals surface area contributed by atoms with Crippen LogP contribution in [0, 0.1) is 5.92 Å². The van der Waals surface area contributed by atoms with Crippen molar-refractivity contribution < 1.29 is 9.59 Å². The molecule has 1 N–H and O–H groups in total. The lowest BCUT2D eigenvalue weighted by Crippen LogP contribution is -2.33. The molecule has 2 aromatic rings. The third-order valence-electron chi connectivity index (χ3n) is 3.02. The standard InChI is InChI=1S/C15H18N2O2/c1-10(2)8-16-15(19)14(18)12-9-17(3)13-7-5-4-6-11(12)13/h4-7,9-10H,8H2,1-3H3,(H,16,19). The molecule has 1 amide bonds. The van der Waals surface area contributed by atoms with Crippen LogP contribution in [-0.2, 0) is 11.8 Å². The van der Waals surface area contributed by atoms with E-state index in [0.29, 0.717) is 18.0 Å². The minimum Gasteiger partial charge on any atom is -0.350 e. The highest BCUT2D eigenvalue weighted by Crippen LogP contribution is 2.20. The van der Waals surface area contributed by atoms with E-state index in [1.165, 1.54) is 0 Å². The fourth-order valence-electron chi connectivity index (χ4n) is 2.02. The van der Waals surface area contributed by atoms with Crippen molar-refractivity contribution in [2.75, 3.05) is 6.54 Å². The number of fused-ring (bicyclic) bond motifs is 1. The van der Waals surface area contributed by atoms with E-state index in [1.54, 1.807) is 6.20 Å². The Morgan fingerprint density at radius 3 is 2.63 bits per heavy atom.